The van der Waals surface area contributed by atoms with Crippen molar-refractivity contribution in [3.8, 4) is 0 Å². The number of nitrogens with zero attached hydrogens (tertiary/aromatic N) is 3. The predicted molar refractivity (Wildman–Crippen MR) is 111 cm³/mol. The molecule has 1 fully saturated rings. The van der Waals surface area contributed by atoms with Crippen molar-refractivity contribution in [3.05, 3.63) is 64.2 Å². The summed E-state index contributed by atoms with van der Waals surface area (Å²) in [5, 5.41) is 13.5. The molecular weight excluding hydrogens is 372 g/mol. The van der Waals surface area contributed by atoms with E-state index in [1.165, 1.54) is 24.3 Å². The molecule has 0 atom stereocenters. The molecule has 0 bridgehead atoms. The Morgan fingerprint density at radius 2 is 1.62 bits per heavy atom. The molecule has 8 heteroatoms. The molecule has 29 heavy (non-hydrogen) atoms. The first kappa shape index (κ1) is 20.3. The standard InChI is InChI=1S/C21H24N4O4/c1-2-3-20(26)24-14-12-23(13-15-24)18-10-6-17(7-11-18)22-21(27)16-4-8-19(9-5-16)25(28)29/h4-11H,2-3,12-15H2,1H3,(H,22,27). The fourth-order valence-electron chi connectivity index (χ4n) is 3.28. The summed E-state index contributed by atoms with van der Waals surface area (Å²) in [7, 11) is 0. The molecule has 8 nitrogen and oxygen atoms in total. The number of nitrogens with one attached hydrogen (secondary N) is 1. The van der Waals surface area contributed by atoms with Gasteiger partial charge in [-0.3, -0.25) is 19.7 Å². The summed E-state index contributed by atoms with van der Waals surface area (Å²) < 4.78 is 0. The molecule has 1 aliphatic rings. The summed E-state index contributed by atoms with van der Waals surface area (Å²) in [6.45, 7) is 5.01. The maximum absolute atomic E-state index is 12.3. The van der Waals surface area contributed by atoms with Gasteiger partial charge in [0.15, 0.2) is 0 Å². The predicted octanol–water partition coefficient (Wildman–Crippen LogP) is 3.30. The summed E-state index contributed by atoms with van der Waals surface area (Å²) in [5.41, 5.74) is 1.99. The van der Waals surface area contributed by atoms with Gasteiger partial charge in [0, 0.05) is 61.7 Å². The van der Waals surface area contributed by atoms with Crippen molar-refractivity contribution in [1.82, 2.24) is 4.90 Å². The van der Waals surface area contributed by atoms with Gasteiger partial charge < -0.3 is 15.1 Å². The van der Waals surface area contributed by atoms with Crippen LogP contribution in [0.2, 0.25) is 0 Å². The van der Waals surface area contributed by atoms with Crippen LogP contribution < -0.4 is 10.2 Å². The maximum Gasteiger partial charge on any atom is 0.269 e. The number of nitro groups is 1. The number of carbonyl (C=O) groups excluding carboxylic acids is 2. The Morgan fingerprint density at radius 3 is 2.17 bits per heavy atom. The molecule has 0 aromatic heterocycles. The zero-order chi connectivity index (χ0) is 20.8. The van der Waals surface area contributed by atoms with Crippen molar-refractivity contribution in [2.24, 2.45) is 0 Å². The average molecular weight is 396 g/mol. The molecule has 0 aliphatic carbocycles. The molecule has 2 aromatic rings. The number of carbonyl (C=O) groups is 2. The summed E-state index contributed by atoms with van der Waals surface area (Å²) in [5.74, 6) is -0.104. The second kappa shape index (κ2) is 9.18. The summed E-state index contributed by atoms with van der Waals surface area (Å²) in [6, 6.07) is 13.0. The van der Waals surface area contributed by atoms with E-state index in [-0.39, 0.29) is 17.5 Å². The lowest BCUT2D eigenvalue weighted by atomic mass is 10.2. The Morgan fingerprint density at radius 1 is 1.00 bits per heavy atom. The third-order valence-corrected chi connectivity index (χ3v) is 4.93. The molecule has 2 aromatic carbocycles. The highest BCUT2D eigenvalue weighted by molar-refractivity contribution is 6.04. The second-order valence-electron chi connectivity index (χ2n) is 6.92. The number of piperazine rings is 1. The average Bonchev–Trinajstić information content (AvgIpc) is 2.74. The summed E-state index contributed by atoms with van der Waals surface area (Å²) >= 11 is 0. The normalized spacial score (nSPS) is 13.8. The van der Waals surface area contributed by atoms with E-state index in [0.717, 1.165) is 38.3 Å². The zero-order valence-electron chi connectivity index (χ0n) is 16.3. The Balaban J connectivity index is 1.56. The lowest BCUT2D eigenvalue weighted by Gasteiger charge is -2.36. The molecule has 1 heterocycles. The van der Waals surface area contributed by atoms with Crippen molar-refractivity contribution in [3.63, 3.8) is 0 Å². The van der Waals surface area contributed by atoms with Crippen LogP contribution in [-0.2, 0) is 4.79 Å². The van der Waals surface area contributed by atoms with Crippen molar-refractivity contribution >= 4 is 28.9 Å². The molecule has 1 saturated heterocycles. The number of benzene rings is 2. The van der Waals surface area contributed by atoms with E-state index in [1.807, 2.05) is 36.1 Å². The van der Waals surface area contributed by atoms with E-state index < -0.39 is 4.92 Å². The van der Waals surface area contributed by atoms with Crippen LogP contribution in [0.15, 0.2) is 48.5 Å². The highest BCUT2D eigenvalue weighted by atomic mass is 16.6. The first-order valence-electron chi connectivity index (χ1n) is 9.66. The molecular formula is C21H24N4O4. The van der Waals surface area contributed by atoms with Crippen molar-refractivity contribution in [2.75, 3.05) is 36.4 Å². The lowest BCUT2D eigenvalue weighted by Crippen LogP contribution is -2.48. The first-order chi connectivity index (χ1) is 14.0. The highest BCUT2D eigenvalue weighted by Crippen LogP contribution is 2.21. The van der Waals surface area contributed by atoms with E-state index in [1.54, 1.807) is 0 Å². The van der Waals surface area contributed by atoms with Crippen molar-refractivity contribution in [2.45, 2.75) is 19.8 Å². The second-order valence-corrected chi connectivity index (χ2v) is 6.92. The molecule has 3 rings (SSSR count). The van der Waals surface area contributed by atoms with Crippen LogP contribution in [0.1, 0.15) is 30.1 Å². The summed E-state index contributed by atoms with van der Waals surface area (Å²) in [6.07, 6.45) is 1.47. The van der Waals surface area contributed by atoms with Crippen molar-refractivity contribution in [1.29, 1.82) is 0 Å². The van der Waals surface area contributed by atoms with Gasteiger partial charge in [0.05, 0.1) is 4.92 Å². The lowest BCUT2D eigenvalue weighted by molar-refractivity contribution is -0.384. The Kier molecular flexibility index (Phi) is 6.43. The van der Waals surface area contributed by atoms with Crippen molar-refractivity contribution < 1.29 is 14.5 Å². The monoisotopic (exact) mass is 396 g/mol. The van der Waals surface area contributed by atoms with Gasteiger partial charge in [-0.15, -0.1) is 0 Å². The number of non-ortho nitro benzene ring substituents is 1. The molecule has 1 N–H and O–H groups in total. The van der Waals surface area contributed by atoms with Crippen LogP contribution in [0.5, 0.6) is 0 Å². The Bertz CT molecular complexity index is 873. The fraction of sp³-hybridized carbons (Fsp3) is 0.333. The minimum Gasteiger partial charge on any atom is -0.368 e. The van der Waals surface area contributed by atoms with E-state index in [9.17, 15) is 19.7 Å². The minimum atomic E-state index is -0.500. The van der Waals surface area contributed by atoms with E-state index in [4.69, 9.17) is 0 Å². The number of amides is 2. The molecule has 0 radical (unpaired) electrons. The Hall–Kier alpha value is -3.42. The third-order valence-electron chi connectivity index (χ3n) is 4.93. The molecule has 152 valence electrons. The topological polar surface area (TPSA) is 95.8 Å². The van der Waals surface area contributed by atoms with Gasteiger partial charge in [-0.05, 0) is 42.8 Å². The van der Waals surface area contributed by atoms with Crippen LogP contribution in [0.4, 0.5) is 17.1 Å². The Labute approximate surface area is 169 Å². The van der Waals surface area contributed by atoms with Crippen LogP contribution >= 0.6 is 0 Å². The van der Waals surface area contributed by atoms with E-state index in [2.05, 4.69) is 10.2 Å². The van der Waals surface area contributed by atoms with Crippen LogP contribution in [-0.4, -0.2) is 47.8 Å². The van der Waals surface area contributed by atoms with Gasteiger partial charge in [-0.1, -0.05) is 6.92 Å². The van der Waals surface area contributed by atoms with Crippen LogP contribution in [0.25, 0.3) is 0 Å². The third kappa shape index (κ3) is 5.10. The SMILES string of the molecule is CCCC(=O)N1CCN(c2ccc(NC(=O)c3ccc([N+](=O)[O-])cc3)cc2)CC1. The largest absolute Gasteiger partial charge is 0.368 e. The van der Waals surface area contributed by atoms with E-state index >= 15 is 0 Å². The molecule has 2 amide bonds. The number of anilines is 2. The minimum absolute atomic E-state index is 0.0533. The maximum atomic E-state index is 12.3. The molecule has 0 spiro atoms. The number of rotatable bonds is 6. The smallest absolute Gasteiger partial charge is 0.269 e. The summed E-state index contributed by atoms with van der Waals surface area (Å²) in [4.78, 5) is 38.6. The molecule has 0 saturated carbocycles. The van der Waals surface area contributed by atoms with Gasteiger partial charge in [0.2, 0.25) is 5.91 Å². The number of nitro benzene ring substituents is 1. The first-order valence-corrected chi connectivity index (χ1v) is 9.66. The van der Waals surface area contributed by atoms with Crippen LogP contribution in [0.3, 0.4) is 0 Å². The van der Waals surface area contributed by atoms with Gasteiger partial charge in [-0.2, -0.15) is 0 Å². The number of hydrogen-bond donors (Lipinski definition) is 1. The van der Waals surface area contributed by atoms with Gasteiger partial charge in [0.25, 0.3) is 11.6 Å². The molecule has 0 unspecified atom stereocenters. The van der Waals surface area contributed by atoms with Gasteiger partial charge in [0.1, 0.15) is 0 Å². The highest BCUT2D eigenvalue weighted by Gasteiger charge is 2.20. The van der Waals surface area contributed by atoms with E-state index in [0.29, 0.717) is 17.7 Å². The molecule has 1 aliphatic heterocycles. The van der Waals surface area contributed by atoms with Crippen LogP contribution in [0, 0.1) is 10.1 Å². The zero-order valence-corrected chi connectivity index (χ0v) is 16.3. The van der Waals surface area contributed by atoms with Gasteiger partial charge >= 0.3 is 0 Å². The quantitative estimate of drug-likeness (QED) is 0.597. The number of hydrogen-bond acceptors (Lipinski definition) is 5. The van der Waals surface area contributed by atoms with Gasteiger partial charge in [-0.25, -0.2) is 0 Å². The fourth-order valence-corrected chi connectivity index (χ4v) is 3.28.